The van der Waals surface area contributed by atoms with Crippen LogP contribution in [0.4, 0.5) is 5.69 Å². The molecule has 0 fully saturated rings. The van der Waals surface area contributed by atoms with Crippen LogP contribution in [0.1, 0.15) is 30.9 Å². The molecule has 0 aliphatic rings. The molecule has 0 bridgehead atoms. The van der Waals surface area contributed by atoms with E-state index < -0.39 is 0 Å². The third-order valence-corrected chi connectivity index (χ3v) is 2.49. The second kappa shape index (κ2) is 9.13. The van der Waals surface area contributed by atoms with Crippen LogP contribution in [-0.2, 0) is 9.53 Å². The number of ether oxygens (including phenoxy) is 1. The second-order valence-electron chi connectivity index (χ2n) is 4.43. The third-order valence-electron chi connectivity index (χ3n) is 2.49. The average Bonchev–Trinajstić information content (AvgIpc) is 2.42. The first kappa shape index (κ1) is 16.2. The Morgan fingerprint density at radius 2 is 2.25 bits per heavy atom. The van der Waals surface area contributed by atoms with Crippen LogP contribution in [0.25, 0.3) is 0 Å². The van der Waals surface area contributed by atoms with Gasteiger partial charge in [-0.05, 0) is 31.0 Å². The van der Waals surface area contributed by atoms with Crippen LogP contribution in [0.15, 0.2) is 18.2 Å². The number of hydrogen-bond acceptors (Lipinski definition) is 3. The summed E-state index contributed by atoms with van der Waals surface area (Å²) in [6.07, 6.45) is 1.30. The van der Waals surface area contributed by atoms with Gasteiger partial charge in [0.2, 0.25) is 5.91 Å². The van der Waals surface area contributed by atoms with Gasteiger partial charge in [0, 0.05) is 18.6 Å². The molecule has 4 nitrogen and oxygen atoms in total. The quantitative estimate of drug-likeness (QED) is 0.617. The summed E-state index contributed by atoms with van der Waals surface area (Å²) in [5.41, 5.74) is 2.49. The zero-order valence-corrected chi connectivity index (χ0v) is 12.0. The van der Waals surface area contributed by atoms with Crippen LogP contribution in [0.2, 0.25) is 0 Å². The Morgan fingerprint density at radius 3 is 2.95 bits per heavy atom. The molecule has 1 rings (SSSR count). The van der Waals surface area contributed by atoms with Crippen molar-refractivity contribution in [2.24, 2.45) is 0 Å². The molecule has 0 aliphatic heterocycles. The number of carbonyl (C=O) groups is 1. The summed E-state index contributed by atoms with van der Waals surface area (Å²) in [6.45, 7) is 4.61. The van der Waals surface area contributed by atoms with Crippen molar-refractivity contribution in [1.29, 1.82) is 0 Å². The maximum atomic E-state index is 11.7. The molecule has 1 aromatic carbocycles. The fraction of sp³-hybridized carbons (Fsp3) is 0.438. The largest absolute Gasteiger partial charge is 0.395 e. The highest BCUT2D eigenvalue weighted by Gasteiger charge is 2.06. The first-order valence-electron chi connectivity index (χ1n) is 6.75. The zero-order chi connectivity index (χ0) is 14.8. The maximum Gasteiger partial charge on any atom is 0.250 e. The number of rotatable bonds is 6. The lowest BCUT2D eigenvalue weighted by atomic mass is 10.1. The summed E-state index contributed by atoms with van der Waals surface area (Å²) < 4.78 is 5.20. The van der Waals surface area contributed by atoms with E-state index in [1.54, 1.807) is 0 Å². The van der Waals surface area contributed by atoms with Crippen LogP contribution >= 0.6 is 0 Å². The Bertz CT molecular complexity index is 500. The fourth-order valence-electron chi connectivity index (χ4n) is 1.58. The normalized spacial score (nSPS) is 9.75. The molecule has 0 heterocycles. The zero-order valence-electron chi connectivity index (χ0n) is 12.0. The Hall–Kier alpha value is -1.83. The van der Waals surface area contributed by atoms with E-state index in [9.17, 15) is 4.79 Å². The number of carbonyl (C=O) groups excluding carboxylic acids is 1. The van der Waals surface area contributed by atoms with Crippen molar-refractivity contribution >= 4 is 11.6 Å². The van der Waals surface area contributed by atoms with Gasteiger partial charge in [-0.15, -0.1) is 0 Å². The second-order valence-corrected chi connectivity index (χ2v) is 4.43. The van der Waals surface area contributed by atoms with Gasteiger partial charge in [-0.3, -0.25) is 4.79 Å². The number of amides is 1. The molecule has 0 saturated heterocycles. The summed E-state index contributed by atoms with van der Waals surface area (Å²) >= 11 is 0. The molecule has 0 atom stereocenters. The Kier molecular flexibility index (Phi) is 7.41. The molecule has 0 unspecified atom stereocenters. The molecule has 0 aromatic heterocycles. The van der Waals surface area contributed by atoms with Gasteiger partial charge in [-0.2, -0.15) is 0 Å². The molecule has 20 heavy (non-hydrogen) atoms. The van der Waals surface area contributed by atoms with Crippen LogP contribution in [0.5, 0.6) is 0 Å². The van der Waals surface area contributed by atoms with E-state index in [4.69, 9.17) is 9.84 Å². The highest BCUT2D eigenvalue weighted by atomic mass is 16.5. The fourth-order valence-corrected chi connectivity index (χ4v) is 1.58. The van der Waals surface area contributed by atoms with Gasteiger partial charge in [-0.1, -0.05) is 24.8 Å². The monoisotopic (exact) mass is 275 g/mol. The molecule has 2 N–H and O–H groups in total. The highest BCUT2D eigenvalue weighted by molar-refractivity contribution is 5.93. The van der Waals surface area contributed by atoms with E-state index >= 15 is 0 Å². The van der Waals surface area contributed by atoms with Gasteiger partial charge in [0.15, 0.2) is 0 Å². The summed E-state index contributed by atoms with van der Waals surface area (Å²) in [7, 11) is 0. The summed E-state index contributed by atoms with van der Waals surface area (Å²) in [6, 6.07) is 5.66. The summed E-state index contributed by atoms with van der Waals surface area (Å²) in [5, 5.41) is 11.5. The van der Waals surface area contributed by atoms with E-state index in [-0.39, 0.29) is 19.1 Å². The SMILES string of the molecule is CCCOCC(=O)Nc1ccc(C)cc1C#CCCO. The Morgan fingerprint density at radius 1 is 1.45 bits per heavy atom. The lowest BCUT2D eigenvalue weighted by Gasteiger charge is -2.08. The Labute approximate surface area is 120 Å². The number of anilines is 1. The number of nitrogens with one attached hydrogen (secondary N) is 1. The molecule has 0 saturated carbocycles. The minimum atomic E-state index is -0.187. The predicted octanol–water partition coefficient (Wildman–Crippen LogP) is 2.09. The molecule has 108 valence electrons. The van der Waals surface area contributed by atoms with Gasteiger partial charge >= 0.3 is 0 Å². The first-order valence-corrected chi connectivity index (χ1v) is 6.75. The van der Waals surface area contributed by atoms with Crippen LogP contribution in [0.3, 0.4) is 0 Å². The predicted molar refractivity (Wildman–Crippen MR) is 79.5 cm³/mol. The minimum Gasteiger partial charge on any atom is -0.395 e. The third kappa shape index (κ3) is 5.87. The van der Waals surface area contributed by atoms with Gasteiger partial charge in [0.25, 0.3) is 0 Å². The van der Waals surface area contributed by atoms with Gasteiger partial charge in [0.1, 0.15) is 6.61 Å². The number of aliphatic hydroxyl groups is 1. The van der Waals surface area contributed by atoms with Gasteiger partial charge < -0.3 is 15.2 Å². The molecule has 1 aromatic rings. The maximum absolute atomic E-state index is 11.7. The average molecular weight is 275 g/mol. The smallest absolute Gasteiger partial charge is 0.250 e. The molecule has 0 aliphatic carbocycles. The molecule has 4 heteroatoms. The van der Waals surface area contributed by atoms with Gasteiger partial charge in [0.05, 0.1) is 12.3 Å². The summed E-state index contributed by atoms with van der Waals surface area (Å²) in [5.74, 6) is 5.64. The summed E-state index contributed by atoms with van der Waals surface area (Å²) in [4.78, 5) is 11.7. The number of hydrogen-bond donors (Lipinski definition) is 2. The highest BCUT2D eigenvalue weighted by Crippen LogP contribution is 2.16. The molecule has 1 amide bonds. The van der Waals surface area contributed by atoms with E-state index in [0.29, 0.717) is 18.7 Å². The van der Waals surface area contributed by atoms with Crippen molar-refractivity contribution in [3.05, 3.63) is 29.3 Å². The van der Waals surface area contributed by atoms with Crippen LogP contribution in [-0.4, -0.2) is 30.8 Å². The van der Waals surface area contributed by atoms with Gasteiger partial charge in [-0.25, -0.2) is 0 Å². The molecular formula is C16H21NO3. The standard InChI is InChI=1S/C16H21NO3/c1-3-10-20-12-16(19)17-15-8-7-13(2)11-14(15)6-4-5-9-18/h7-8,11,18H,3,5,9-10,12H2,1-2H3,(H,17,19). The lowest BCUT2D eigenvalue weighted by Crippen LogP contribution is -2.19. The lowest BCUT2D eigenvalue weighted by molar-refractivity contribution is -0.120. The van der Waals surface area contributed by atoms with Crippen LogP contribution < -0.4 is 5.32 Å². The van der Waals surface area contributed by atoms with E-state index in [0.717, 1.165) is 17.5 Å². The van der Waals surface area contributed by atoms with Crippen molar-refractivity contribution in [1.82, 2.24) is 0 Å². The van der Waals surface area contributed by atoms with E-state index in [1.807, 2.05) is 32.0 Å². The number of aliphatic hydroxyl groups excluding tert-OH is 1. The topological polar surface area (TPSA) is 58.6 Å². The van der Waals surface area contributed by atoms with Crippen molar-refractivity contribution < 1.29 is 14.6 Å². The van der Waals surface area contributed by atoms with Crippen molar-refractivity contribution in [2.45, 2.75) is 26.7 Å². The minimum absolute atomic E-state index is 0.0331. The Balaban J connectivity index is 2.74. The molecular weight excluding hydrogens is 254 g/mol. The molecule has 0 spiro atoms. The van der Waals surface area contributed by atoms with Crippen LogP contribution in [0, 0.1) is 18.8 Å². The number of benzene rings is 1. The van der Waals surface area contributed by atoms with E-state index in [1.165, 1.54) is 0 Å². The van der Waals surface area contributed by atoms with E-state index in [2.05, 4.69) is 17.2 Å². The molecule has 0 radical (unpaired) electrons. The first-order chi connectivity index (χ1) is 9.67. The van der Waals surface area contributed by atoms with Crippen molar-refractivity contribution in [3.63, 3.8) is 0 Å². The van der Waals surface area contributed by atoms with Crippen molar-refractivity contribution in [3.8, 4) is 11.8 Å². The number of aryl methyl sites for hydroxylation is 1. The van der Waals surface area contributed by atoms with Crippen molar-refractivity contribution in [2.75, 3.05) is 25.1 Å².